The highest BCUT2D eigenvalue weighted by Crippen LogP contribution is 2.40. The van der Waals surface area contributed by atoms with Crippen LogP contribution in [0.25, 0.3) is 0 Å². The molecule has 0 saturated heterocycles. The Morgan fingerprint density at radius 2 is 1.67 bits per heavy atom. The molecule has 2 aromatic rings. The molecule has 0 saturated carbocycles. The van der Waals surface area contributed by atoms with Crippen LogP contribution in [0, 0.1) is 5.82 Å². The number of methoxy groups -OCH3 is 2. The van der Waals surface area contributed by atoms with Crippen LogP contribution in [0.15, 0.2) is 40.9 Å². The summed E-state index contributed by atoms with van der Waals surface area (Å²) >= 11 is 7.12. The zero-order valence-electron chi connectivity index (χ0n) is 11.7. The summed E-state index contributed by atoms with van der Waals surface area (Å²) in [6, 6.07) is 10.3. The topological polar surface area (TPSA) is 18.5 Å². The van der Waals surface area contributed by atoms with Gasteiger partial charge in [-0.25, -0.2) is 4.39 Å². The van der Waals surface area contributed by atoms with Gasteiger partial charge in [0.05, 0.1) is 18.7 Å². The number of ether oxygens (including phenoxy) is 2. The first-order chi connectivity index (χ1) is 10.0. The molecule has 0 aliphatic rings. The number of benzene rings is 2. The number of hydrogen-bond acceptors (Lipinski definition) is 2. The fourth-order valence-corrected chi connectivity index (χ4v) is 3.28. The van der Waals surface area contributed by atoms with E-state index in [1.165, 1.54) is 12.1 Å². The molecule has 0 spiro atoms. The van der Waals surface area contributed by atoms with Crippen LogP contribution in [0.5, 0.6) is 11.5 Å². The minimum Gasteiger partial charge on any atom is -0.496 e. The van der Waals surface area contributed by atoms with Crippen LogP contribution >= 0.6 is 31.9 Å². The van der Waals surface area contributed by atoms with Crippen LogP contribution in [-0.2, 0) is 6.42 Å². The van der Waals surface area contributed by atoms with E-state index in [1.54, 1.807) is 26.4 Å². The van der Waals surface area contributed by atoms with E-state index in [1.807, 2.05) is 12.1 Å². The van der Waals surface area contributed by atoms with Crippen molar-refractivity contribution in [3.8, 4) is 11.5 Å². The molecule has 21 heavy (non-hydrogen) atoms. The number of hydrogen-bond donors (Lipinski definition) is 0. The van der Waals surface area contributed by atoms with Gasteiger partial charge in [-0.15, -0.1) is 0 Å². The van der Waals surface area contributed by atoms with Crippen LogP contribution in [0.1, 0.15) is 16.0 Å². The Balaban J connectivity index is 2.29. The van der Waals surface area contributed by atoms with E-state index in [9.17, 15) is 4.39 Å². The Morgan fingerprint density at radius 3 is 2.24 bits per heavy atom. The monoisotopic (exact) mass is 416 g/mol. The van der Waals surface area contributed by atoms with E-state index in [0.717, 1.165) is 33.5 Å². The van der Waals surface area contributed by atoms with Gasteiger partial charge in [0.25, 0.3) is 0 Å². The largest absolute Gasteiger partial charge is 0.496 e. The second kappa shape index (κ2) is 7.27. The molecule has 5 heteroatoms. The first-order valence-electron chi connectivity index (χ1n) is 6.35. The van der Waals surface area contributed by atoms with Gasteiger partial charge in [0, 0.05) is 10.4 Å². The Labute approximate surface area is 140 Å². The zero-order valence-corrected chi connectivity index (χ0v) is 14.9. The lowest BCUT2D eigenvalue weighted by molar-refractivity contribution is 0.396. The first-order valence-corrected chi connectivity index (χ1v) is 8.06. The van der Waals surface area contributed by atoms with Crippen LogP contribution in [-0.4, -0.2) is 14.2 Å². The molecular formula is C16H15Br2FO2. The molecule has 0 aromatic heterocycles. The number of rotatable bonds is 5. The maximum atomic E-state index is 13.0. The summed E-state index contributed by atoms with van der Waals surface area (Å²) in [6.07, 6.45) is 0.724. The molecule has 2 rings (SSSR count). The van der Waals surface area contributed by atoms with E-state index in [2.05, 4.69) is 31.9 Å². The summed E-state index contributed by atoms with van der Waals surface area (Å²) in [5.41, 5.74) is 2.03. The van der Waals surface area contributed by atoms with Gasteiger partial charge in [0.2, 0.25) is 0 Å². The van der Waals surface area contributed by atoms with E-state index in [-0.39, 0.29) is 10.6 Å². The predicted octanol–water partition coefficient (Wildman–Crippen LogP) is 5.28. The fraction of sp³-hybridized carbons (Fsp3) is 0.250. The molecule has 112 valence electrons. The van der Waals surface area contributed by atoms with E-state index < -0.39 is 0 Å². The average molecular weight is 418 g/mol. The third-order valence-corrected chi connectivity index (χ3v) is 4.61. The second-order valence-electron chi connectivity index (χ2n) is 4.53. The molecular weight excluding hydrogens is 403 g/mol. The molecule has 0 aliphatic carbocycles. The highest BCUT2D eigenvalue weighted by atomic mass is 79.9. The molecule has 1 unspecified atom stereocenters. The van der Waals surface area contributed by atoms with Gasteiger partial charge in [-0.1, -0.05) is 28.1 Å². The molecule has 0 radical (unpaired) electrons. The molecule has 0 fully saturated rings. The first kappa shape index (κ1) is 16.3. The van der Waals surface area contributed by atoms with Crippen molar-refractivity contribution in [1.29, 1.82) is 0 Å². The van der Waals surface area contributed by atoms with E-state index >= 15 is 0 Å². The third-order valence-electron chi connectivity index (χ3n) is 3.17. The Bertz CT molecular complexity index is 614. The maximum absolute atomic E-state index is 13.0. The molecule has 0 heterocycles. The van der Waals surface area contributed by atoms with Crippen molar-refractivity contribution in [1.82, 2.24) is 0 Å². The van der Waals surface area contributed by atoms with E-state index in [4.69, 9.17) is 9.47 Å². The van der Waals surface area contributed by atoms with Crippen molar-refractivity contribution in [2.24, 2.45) is 0 Å². The summed E-state index contributed by atoms with van der Waals surface area (Å²) in [5.74, 6) is 1.29. The van der Waals surface area contributed by atoms with Crippen molar-refractivity contribution in [3.63, 3.8) is 0 Å². The standard InChI is InChI=1S/C16H15Br2FO2/c1-20-15-9-14(18)16(21-2)8-12(15)13(17)7-10-3-5-11(19)6-4-10/h3-6,8-9,13H,7H2,1-2H3. The van der Waals surface area contributed by atoms with Crippen molar-refractivity contribution in [3.05, 3.63) is 57.8 Å². The predicted molar refractivity (Wildman–Crippen MR) is 89.0 cm³/mol. The van der Waals surface area contributed by atoms with Gasteiger partial charge in [-0.05, 0) is 52.2 Å². The number of alkyl halides is 1. The lowest BCUT2D eigenvalue weighted by Crippen LogP contribution is -2.00. The Hall–Kier alpha value is -1.07. The van der Waals surface area contributed by atoms with Crippen LogP contribution in [0.3, 0.4) is 0 Å². The van der Waals surface area contributed by atoms with Crippen molar-refractivity contribution >= 4 is 31.9 Å². The summed E-state index contributed by atoms with van der Waals surface area (Å²) in [4.78, 5) is 0.0416. The Morgan fingerprint density at radius 1 is 1.05 bits per heavy atom. The summed E-state index contributed by atoms with van der Waals surface area (Å²) in [5, 5.41) is 0. The van der Waals surface area contributed by atoms with Crippen molar-refractivity contribution in [2.75, 3.05) is 14.2 Å². The lowest BCUT2D eigenvalue weighted by Gasteiger charge is -2.17. The SMILES string of the molecule is COc1cc(C(Br)Cc2ccc(F)cc2)c(OC)cc1Br. The number of halogens is 3. The minimum atomic E-state index is -0.229. The molecule has 2 nitrogen and oxygen atoms in total. The van der Waals surface area contributed by atoms with Crippen LogP contribution in [0.2, 0.25) is 0 Å². The molecule has 0 N–H and O–H groups in total. The molecule has 0 amide bonds. The van der Waals surface area contributed by atoms with Gasteiger partial charge in [0.1, 0.15) is 17.3 Å². The highest BCUT2D eigenvalue weighted by Gasteiger charge is 2.17. The van der Waals surface area contributed by atoms with Crippen LogP contribution < -0.4 is 9.47 Å². The smallest absolute Gasteiger partial charge is 0.133 e. The van der Waals surface area contributed by atoms with Gasteiger partial charge in [-0.3, -0.25) is 0 Å². The third kappa shape index (κ3) is 3.98. The highest BCUT2D eigenvalue weighted by molar-refractivity contribution is 9.10. The minimum absolute atomic E-state index is 0.0416. The molecule has 0 aliphatic heterocycles. The molecule has 1 atom stereocenters. The second-order valence-corrected chi connectivity index (χ2v) is 6.49. The average Bonchev–Trinajstić information content (AvgIpc) is 2.49. The zero-order chi connectivity index (χ0) is 15.4. The summed E-state index contributed by atoms with van der Waals surface area (Å²) in [7, 11) is 3.26. The van der Waals surface area contributed by atoms with Gasteiger partial charge in [-0.2, -0.15) is 0 Å². The van der Waals surface area contributed by atoms with Gasteiger partial charge in [0.15, 0.2) is 0 Å². The van der Waals surface area contributed by atoms with Crippen molar-refractivity contribution < 1.29 is 13.9 Å². The maximum Gasteiger partial charge on any atom is 0.133 e. The van der Waals surface area contributed by atoms with Gasteiger partial charge < -0.3 is 9.47 Å². The summed E-state index contributed by atoms with van der Waals surface area (Å²) < 4.78 is 24.6. The van der Waals surface area contributed by atoms with Gasteiger partial charge >= 0.3 is 0 Å². The quantitative estimate of drug-likeness (QED) is 0.615. The summed E-state index contributed by atoms with van der Waals surface area (Å²) in [6.45, 7) is 0. The van der Waals surface area contributed by atoms with E-state index in [0.29, 0.717) is 0 Å². The van der Waals surface area contributed by atoms with Crippen LogP contribution in [0.4, 0.5) is 4.39 Å². The normalized spacial score (nSPS) is 12.0. The molecule has 0 bridgehead atoms. The Kier molecular flexibility index (Phi) is 5.65. The van der Waals surface area contributed by atoms with Crippen molar-refractivity contribution in [2.45, 2.75) is 11.2 Å². The molecule has 2 aromatic carbocycles. The lowest BCUT2D eigenvalue weighted by atomic mass is 10.0. The fourth-order valence-electron chi connectivity index (χ4n) is 2.07.